The van der Waals surface area contributed by atoms with E-state index in [2.05, 4.69) is 12.2 Å². The zero-order valence-corrected chi connectivity index (χ0v) is 20.6. The average molecular weight is 468 g/mol. The molecule has 9 heteroatoms. The fourth-order valence-electron chi connectivity index (χ4n) is 2.45. The Hall–Kier alpha value is -0.360. The van der Waals surface area contributed by atoms with Crippen LogP contribution in [-0.2, 0) is 37.9 Å². The lowest BCUT2D eigenvalue weighted by Crippen LogP contribution is -2.17. The van der Waals surface area contributed by atoms with Gasteiger partial charge in [0.25, 0.3) is 0 Å². The number of likely N-dealkylation sites (N-methyl/N-ethyl adjacent to an activating group) is 1. The zero-order chi connectivity index (χ0) is 23.2. The van der Waals surface area contributed by atoms with E-state index in [4.69, 9.17) is 37.9 Å². The molecule has 0 aliphatic carbocycles. The number of ether oxygens (including phenoxy) is 8. The standard InChI is InChI=1S/C23H49NO8/c1-3-4-5-6-8-25-10-12-27-14-16-29-18-20-31-22-23-32-21-19-30-17-15-28-13-11-26-9-7-24-2/h24H,3-23H2,1-2H3. The van der Waals surface area contributed by atoms with Crippen LogP contribution in [-0.4, -0.2) is 119 Å². The van der Waals surface area contributed by atoms with Crippen LogP contribution in [0.1, 0.15) is 32.6 Å². The zero-order valence-electron chi connectivity index (χ0n) is 20.6. The highest BCUT2D eigenvalue weighted by atomic mass is 16.6. The van der Waals surface area contributed by atoms with Gasteiger partial charge in [0.15, 0.2) is 0 Å². The third-order valence-corrected chi connectivity index (χ3v) is 4.24. The third kappa shape index (κ3) is 29.6. The Balaban J connectivity index is 2.98. The van der Waals surface area contributed by atoms with Gasteiger partial charge < -0.3 is 43.2 Å². The van der Waals surface area contributed by atoms with Gasteiger partial charge in [-0.3, -0.25) is 0 Å². The van der Waals surface area contributed by atoms with Gasteiger partial charge in [-0.25, -0.2) is 0 Å². The van der Waals surface area contributed by atoms with Crippen molar-refractivity contribution in [2.75, 3.05) is 119 Å². The first kappa shape index (κ1) is 31.6. The van der Waals surface area contributed by atoms with Gasteiger partial charge in [0.2, 0.25) is 0 Å². The molecule has 0 aromatic heterocycles. The van der Waals surface area contributed by atoms with Crippen LogP contribution in [0.4, 0.5) is 0 Å². The Morgan fingerprint density at radius 2 is 0.688 bits per heavy atom. The summed E-state index contributed by atoms with van der Waals surface area (Å²) >= 11 is 0. The topological polar surface area (TPSA) is 85.9 Å². The number of hydrogen-bond donors (Lipinski definition) is 1. The minimum absolute atomic E-state index is 0.547. The van der Waals surface area contributed by atoms with Gasteiger partial charge in [0.1, 0.15) is 0 Å². The van der Waals surface area contributed by atoms with E-state index in [1.54, 1.807) is 0 Å². The molecule has 9 nitrogen and oxygen atoms in total. The highest BCUT2D eigenvalue weighted by Gasteiger charge is 1.95. The van der Waals surface area contributed by atoms with Crippen molar-refractivity contribution >= 4 is 0 Å². The van der Waals surface area contributed by atoms with E-state index in [1.807, 2.05) is 7.05 Å². The van der Waals surface area contributed by atoms with Crippen LogP contribution >= 0.6 is 0 Å². The molecule has 0 spiro atoms. The largest absolute Gasteiger partial charge is 0.379 e. The first-order chi connectivity index (χ1) is 15.9. The Morgan fingerprint density at radius 3 is 1.00 bits per heavy atom. The summed E-state index contributed by atoms with van der Waals surface area (Å²) < 4.78 is 43.5. The van der Waals surface area contributed by atoms with Crippen LogP contribution in [0.25, 0.3) is 0 Å². The predicted molar refractivity (Wildman–Crippen MR) is 125 cm³/mol. The molecular weight excluding hydrogens is 418 g/mol. The van der Waals surface area contributed by atoms with E-state index in [-0.39, 0.29) is 0 Å². The summed E-state index contributed by atoms with van der Waals surface area (Å²) in [5.74, 6) is 0. The molecule has 0 bridgehead atoms. The Kier molecular flexibility index (Phi) is 30.3. The number of rotatable bonds is 29. The van der Waals surface area contributed by atoms with E-state index in [0.717, 1.165) is 19.6 Å². The molecule has 0 rings (SSSR count). The highest BCUT2D eigenvalue weighted by Crippen LogP contribution is 1.98. The van der Waals surface area contributed by atoms with Gasteiger partial charge in [-0.2, -0.15) is 0 Å². The maximum absolute atomic E-state index is 5.51. The summed E-state index contributed by atoms with van der Waals surface area (Å²) in [6, 6.07) is 0. The van der Waals surface area contributed by atoms with Crippen molar-refractivity contribution in [2.45, 2.75) is 32.6 Å². The van der Waals surface area contributed by atoms with Gasteiger partial charge in [0.05, 0.1) is 99.1 Å². The summed E-state index contributed by atoms with van der Waals surface area (Å²) in [6.45, 7) is 12.6. The van der Waals surface area contributed by atoms with E-state index < -0.39 is 0 Å². The third-order valence-electron chi connectivity index (χ3n) is 4.24. The van der Waals surface area contributed by atoms with Crippen molar-refractivity contribution in [3.8, 4) is 0 Å². The van der Waals surface area contributed by atoms with Crippen LogP contribution in [0.15, 0.2) is 0 Å². The summed E-state index contributed by atoms with van der Waals surface area (Å²) in [5, 5.41) is 3.02. The Labute approximate surface area is 195 Å². The maximum atomic E-state index is 5.51. The summed E-state index contributed by atoms with van der Waals surface area (Å²) in [7, 11) is 1.90. The molecule has 194 valence electrons. The van der Waals surface area contributed by atoms with Crippen molar-refractivity contribution in [3.05, 3.63) is 0 Å². The molecule has 0 saturated heterocycles. The summed E-state index contributed by atoms with van der Waals surface area (Å²) in [4.78, 5) is 0. The quantitative estimate of drug-likeness (QED) is 0.166. The molecule has 0 aliphatic rings. The average Bonchev–Trinajstić information content (AvgIpc) is 2.81. The number of hydrogen-bond acceptors (Lipinski definition) is 9. The molecule has 0 aromatic rings. The molecular formula is C23H49NO8. The molecule has 0 amide bonds. The molecule has 0 aliphatic heterocycles. The van der Waals surface area contributed by atoms with Crippen molar-refractivity contribution < 1.29 is 37.9 Å². The Morgan fingerprint density at radius 1 is 0.375 bits per heavy atom. The normalized spacial score (nSPS) is 11.4. The second kappa shape index (κ2) is 30.6. The molecule has 0 fully saturated rings. The molecule has 1 N–H and O–H groups in total. The van der Waals surface area contributed by atoms with Crippen molar-refractivity contribution in [2.24, 2.45) is 0 Å². The molecule has 0 atom stereocenters. The highest BCUT2D eigenvalue weighted by molar-refractivity contribution is 4.41. The van der Waals surface area contributed by atoms with Crippen LogP contribution in [0, 0.1) is 0 Å². The molecule has 0 heterocycles. The SMILES string of the molecule is CCCCCCOCCOCCOCCOCCOCCOCCOCCOCCNC. The van der Waals surface area contributed by atoms with E-state index >= 15 is 0 Å². The van der Waals surface area contributed by atoms with Gasteiger partial charge in [-0.15, -0.1) is 0 Å². The first-order valence-electron chi connectivity index (χ1n) is 12.2. The first-order valence-corrected chi connectivity index (χ1v) is 12.2. The van der Waals surface area contributed by atoms with Crippen LogP contribution < -0.4 is 5.32 Å². The fourth-order valence-corrected chi connectivity index (χ4v) is 2.45. The van der Waals surface area contributed by atoms with Crippen molar-refractivity contribution in [3.63, 3.8) is 0 Å². The molecule has 0 saturated carbocycles. The summed E-state index contributed by atoms with van der Waals surface area (Å²) in [5.41, 5.74) is 0. The smallest absolute Gasteiger partial charge is 0.0701 e. The molecule has 0 radical (unpaired) electrons. The van der Waals surface area contributed by atoms with Gasteiger partial charge in [0, 0.05) is 13.2 Å². The number of unbranched alkanes of at least 4 members (excludes halogenated alkanes) is 3. The minimum atomic E-state index is 0.547. The van der Waals surface area contributed by atoms with Gasteiger partial charge >= 0.3 is 0 Å². The lowest BCUT2D eigenvalue weighted by atomic mass is 10.2. The molecule has 32 heavy (non-hydrogen) atoms. The lowest BCUT2D eigenvalue weighted by Gasteiger charge is -2.08. The second-order valence-electron chi connectivity index (χ2n) is 7.06. The second-order valence-corrected chi connectivity index (χ2v) is 7.06. The van der Waals surface area contributed by atoms with Gasteiger partial charge in [-0.1, -0.05) is 26.2 Å². The van der Waals surface area contributed by atoms with E-state index in [9.17, 15) is 0 Å². The predicted octanol–water partition coefficient (Wildman–Crippen LogP) is 1.92. The van der Waals surface area contributed by atoms with Crippen LogP contribution in [0.2, 0.25) is 0 Å². The fraction of sp³-hybridized carbons (Fsp3) is 1.00. The van der Waals surface area contributed by atoms with Crippen LogP contribution in [0.5, 0.6) is 0 Å². The lowest BCUT2D eigenvalue weighted by molar-refractivity contribution is -0.0230. The monoisotopic (exact) mass is 467 g/mol. The number of nitrogens with one attached hydrogen (secondary N) is 1. The van der Waals surface area contributed by atoms with Crippen molar-refractivity contribution in [1.82, 2.24) is 5.32 Å². The van der Waals surface area contributed by atoms with Crippen LogP contribution in [0.3, 0.4) is 0 Å². The van der Waals surface area contributed by atoms with Gasteiger partial charge in [-0.05, 0) is 13.5 Å². The summed E-state index contributed by atoms with van der Waals surface area (Å²) in [6.07, 6.45) is 4.93. The Bertz CT molecular complexity index is 296. The van der Waals surface area contributed by atoms with Crippen molar-refractivity contribution in [1.29, 1.82) is 0 Å². The molecule has 0 unspecified atom stereocenters. The van der Waals surface area contributed by atoms with E-state index in [0.29, 0.717) is 99.1 Å². The minimum Gasteiger partial charge on any atom is -0.379 e. The van der Waals surface area contributed by atoms with E-state index in [1.165, 1.54) is 19.3 Å². The maximum Gasteiger partial charge on any atom is 0.0701 e. The molecule has 0 aromatic carbocycles.